The highest BCUT2D eigenvalue weighted by Gasteiger charge is 2.25. The lowest BCUT2D eigenvalue weighted by Crippen LogP contribution is -2.33. The van der Waals surface area contributed by atoms with E-state index in [1.165, 1.54) is 16.9 Å². The molecule has 5 nitrogen and oxygen atoms in total. The Morgan fingerprint density at radius 2 is 1.47 bits per heavy atom. The highest BCUT2D eigenvalue weighted by molar-refractivity contribution is 5.76. The number of rotatable bonds is 8. The maximum atomic E-state index is 9.00. The van der Waals surface area contributed by atoms with Crippen LogP contribution < -0.4 is 19.3 Å². The van der Waals surface area contributed by atoms with Crippen LogP contribution in [0.25, 0.3) is 0 Å². The molecule has 3 aromatic rings. The summed E-state index contributed by atoms with van der Waals surface area (Å²) in [5.74, 6) is 1.56. The van der Waals surface area contributed by atoms with Gasteiger partial charge >= 0.3 is 0 Å². The third-order valence-electron chi connectivity index (χ3n) is 5.13. The van der Waals surface area contributed by atoms with E-state index in [0.29, 0.717) is 18.8 Å². The Morgan fingerprint density at radius 1 is 0.833 bits per heavy atom. The van der Waals surface area contributed by atoms with Gasteiger partial charge in [-0.05, 0) is 48.9 Å². The molecule has 3 aromatic carbocycles. The van der Waals surface area contributed by atoms with Crippen LogP contribution in [0.3, 0.4) is 0 Å². The normalized spacial score (nSPS) is 12.4. The lowest BCUT2D eigenvalue weighted by Gasteiger charge is -2.22. The fourth-order valence-corrected chi connectivity index (χ4v) is 3.70. The van der Waals surface area contributed by atoms with Crippen LogP contribution in [0, 0.1) is 11.3 Å². The Kier molecular flexibility index (Phi) is 6.05. The molecule has 0 saturated heterocycles. The molecule has 152 valence electrons. The Balaban J connectivity index is 1.42. The lowest BCUT2D eigenvalue weighted by molar-refractivity contribution is 0.281. The number of hydrogen-bond acceptors (Lipinski definition) is 5. The summed E-state index contributed by atoms with van der Waals surface area (Å²) < 4.78 is 11.7. The number of para-hydroxylation sites is 4. The van der Waals surface area contributed by atoms with Crippen LogP contribution in [-0.2, 0) is 6.54 Å². The van der Waals surface area contributed by atoms with Gasteiger partial charge in [-0.25, -0.2) is 0 Å². The van der Waals surface area contributed by atoms with Gasteiger partial charge < -0.3 is 19.3 Å². The van der Waals surface area contributed by atoms with Crippen LogP contribution in [0.2, 0.25) is 0 Å². The van der Waals surface area contributed by atoms with Gasteiger partial charge in [0.25, 0.3) is 0 Å². The monoisotopic (exact) mass is 399 g/mol. The molecule has 5 heteroatoms. The predicted octanol–water partition coefficient (Wildman–Crippen LogP) is 4.82. The Bertz CT molecular complexity index is 1030. The molecule has 0 saturated carbocycles. The summed E-state index contributed by atoms with van der Waals surface area (Å²) in [6, 6.07) is 26.2. The van der Waals surface area contributed by atoms with Gasteiger partial charge in [-0.3, -0.25) is 0 Å². The summed E-state index contributed by atoms with van der Waals surface area (Å²) >= 11 is 0. The van der Waals surface area contributed by atoms with Gasteiger partial charge in [-0.15, -0.1) is 0 Å². The largest absolute Gasteiger partial charge is 0.490 e. The van der Waals surface area contributed by atoms with Crippen molar-refractivity contribution in [3.8, 4) is 17.6 Å². The van der Waals surface area contributed by atoms with Crippen molar-refractivity contribution in [2.45, 2.75) is 13.5 Å². The molecule has 0 aliphatic carbocycles. The van der Waals surface area contributed by atoms with Crippen molar-refractivity contribution >= 4 is 11.4 Å². The molecule has 0 aromatic heterocycles. The highest BCUT2D eigenvalue weighted by atomic mass is 16.5. The van der Waals surface area contributed by atoms with Gasteiger partial charge in [-0.2, -0.15) is 5.26 Å². The molecule has 0 amide bonds. The van der Waals surface area contributed by atoms with Crippen molar-refractivity contribution in [3.63, 3.8) is 0 Å². The summed E-state index contributed by atoms with van der Waals surface area (Å²) in [6.07, 6.45) is 0. The first kappa shape index (κ1) is 19.7. The van der Waals surface area contributed by atoms with Gasteiger partial charge in [0.1, 0.15) is 6.61 Å². The zero-order valence-corrected chi connectivity index (χ0v) is 17.1. The Labute approximate surface area is 177 Å². The first-order valence-electron chi connectivity index (χ1n) is 10.2. The number of fused-ring (bicyclic) bond motifs is 1. The fraction of sp³-hybridized carbons (Fsp3) is 0.240. The Morgan fingerprint density at radius 3 is 2.13 bits per heavy atom. The van der Waals surface area contributed by atoms with Gasteiger partial charge in [0, 0.05) is 6.54 Å². The third-order valence-corrected chi connectivity index (χ3v) is 5.13. The molecule has 0 bridgehead atoms. The summed E-state index contributed by atoms with van der Waals surface area (Å²) in [5.41, 5.74) is 4.31. The van der Waals surface area contributed by atoms with Crippen molar-refractivity contribution in [2.24, 2.45) is 0 Å². The minimum Gasteiger partial charge on any atom is -0.490 e. The molecule has 0 N–H and O–H groups in total. The average molecular weight is 399 g/mol. The standard InChI is InChI=1S/C25H25N3O2/c1-2-29-24-9-5-6-10-25(24)30-16-15-27-19-28(23-8-4-3-7-22(23)27)18-21-13-11-20(17-26)12-14-21/h3-14H,2,15-16,18-19H2,1H3. The summed E-state index contributed by atoms with van der Waals surface area (Å²) in [7, 11) is 0. The second-order valence-electron chi connectivity index (χ2n) is 7.13. The average Bonchev–Trinajstić information content (AvgIpc) is 3.13. The van der Waals surface area contributed by atoms with E-state index in [0.717, 1.165) is 31.3 Å². The number of nitrogens with zero attached hydrogens (tertiary/aromatic N) is 3. The minimum atomic E-state index is 0.573. The molecule has 0 radical (unpaired) electrons. The number of nitriles is 1. The van der Waals surface area contributed by atoms with Crippen LogP contribution in [-0.4, -0.2) is 26.4 Å². The molecule has 1 aliphatic heterocycles. The van der Waals surface area contributed by atoms with Crippen molar-refractivity contribution in [1.29, 1.82) is 5.26 Å². The molecule has 1 aliphatic rings. The van der Waals surface area contributed by atoms with Crippen molar-refractivity contribution in [1.82, 2.24) is 0 Å². The fourth-order valence-electron chi connectivity index (χ4n) is 3.70. The molecule has 4 rings (SSSR count). The van der Waals surface area contributed by atoms with Gasteiger partial charge in [0.05, 0.1) is 42.8 Å². The topological polar surface area (TPSA) is 48.7 Å². The van der Waals surface area contributed by atoms with Crippen LogP contribution in [0.15, 0.2) is 72.8 Å². The van der Waals surface area contributed by atoms with Crippen molar-refractivity contribution < 1.29 is 9.47 Å². The second kappa shape index (κ2) is 9.23. The quantitative estimate of drug-likeness (QED) is 0.543. The van der Waals surface area contributed by atoms with Gasteiger partial charge in [-0.1, -0.05) is 36.4 Å². The molecule has 1 heterocycles. The first-order valence-corrected chi connectivity index (χ1v) is 10.2. The van der Waals surface area contributed by atoms with E-state index in [4.69, 9.17) is 14.7 Å². The van der Waals surface area contributed by atoms with E-state index in [1.54, 1.807) is 0 Å². The van der Waals surface area contributed by atoms with Crippen LogP contribution in [0.4, 0.5) is 11.4 Å². The maximum Gasteiger partial charge on any atom is 0.161 e. The summed E-state index contributed by atoms with van der Waals surface area (Å²) in [5, 5.41) is 9.00. The van der Waals surface area contributed by atoms with Gasteiger partial charge in [0.2, 0.25) is 0 Å². The second-order valence-corrected chi connectivity index (χ2v) is 7.13. The third kappa shape index (κ3) is 4.33. The molecule has 0 fully saturated rings. The summed E-state index contributed by atoms with van der Waals surface area (Å²) in [4.78, 5) is 4.69. The zero-order chi connectivity index (χ0) is 20.8. The Hall–Kier alpha value is -3.65. The molecule has 0 unspecified atom stereocenters. The number of hydrogen-bond donors (Lipinski definition) is 0. The molecule has 30 heavy (non-hydrogen) atoms. The predicted molar refractivity (Wildman–Crippen MR) is 119 cm³/mol. The summed E-state index contributed by atoms with van der Waals surface area (Å²) in [6.45, 7) is 5.54. The van der Waals surface area contributed by atoms with E-state index in [-0.39, 0.29) is 0 Å². The van der Waals surface area contributed by atoms with E-state index in [9.17, 15) is 0 Å². The number of benzene rings is 3. The smallest absolute Gasteiger partial charge is 0.161 e. The highest BCUT2D eigenvalue weighted by Crippen LogP contribution is 2.36. The van der Waals surface area contributed by atoms with E-state index < -0.39 is 0 Å². The van der Waals surface area contributed by atoms with Crippen LogP contribution in [0.5, 0.6) is 11.5 Å². The first-order chi connectivity index (χ1) is 14.8. The van der Waals surface area contributed by atoms with Crippen LogP contribution >= 0.6 is 0 Å². The molecular weight excluding hydrogens is 374 g/mol. The van der Waals surface area contributed by atoms with Crippen LogP contribution in [0.1, 0.15) is 18.1 Å². The number of ether oxygens (including phenoxy) is 2. The van der Waals surface area contributed by atoms with Crippen molar-refractivity contribution in [2.75, 3.05) is 36.2 Å². The maximum absolute atomic E-state index is 9.00. The molecular formula is C25H25N3O2. The lowest BCUT2D eigenvalue weighted by atomic mass is 10.1. The minimum absolute atomic E-state index is 0.573. The molecule has 0 atom stereocenters. The van der Waals surface area contributed by atoms with E-state index in [1.807, 2.05) is 55.5 Å². The van der Waals surface area contributed by atoms with Crippen molar-refractivity contribution in [3.05, 3.63) is 83.9 Å². The van der Waals surface area contributed by atoms with Gasteiger partial charge in [0.15, 0.2) is 11.5 Å². The zero-order valence-electron chi connectivity index (χ0n) is 17.1. The van der Waals surface area contributed by atoms with E-state index >= 15 is 0 Å². The van der Waals surface area contributed by atoms with E-state index in [2.05, 4.69) is 40.1 Å². The molecule has 0 spiro atoms. The SMILES string of the molecule is CCOc1ccccc1OCCN1CN(Cc2ccc(C#N)cc2)c2ccccc21. The number of anilines is 2.